The van der Waals surface area contributed by atoms with Crippen LogP contribution in [0.15, 0.2) is 36.4 Å². The van der Waals surface area contributed by atoms with Crippen molar-refractivity contribution < 1.29 is 14.6 Å². The molecule has 1 N–H and O–H groups in total. The summed E-state index contributed by atoms with van der Waals surface area (Å²) in [6.45, 7) is 5.92. The van der Waals surface area contributed by atoms with E-state index in [1.807, 2.05) is 64.2 Å². The van der Waals surface area contributed by atoms with Gasteiger partial charge in [0.1, 0.15) is 5.52 Å². The van der Waals surface area contributed by atoms with Crippen LogP contribution >= 0.6 is 0 Å². The van der Waals surface area contributed by atoms with Crippen LogP contribution in [-0.2, 0) is 23.2 Å². The Morgan fingerprint density at radius 2 is 1.85 bits per heavy atom. The summed E-state index contributed by atoms with van der Waals surface area (Å²) in [6, 6.07) is 11.8. The maximum Gasteiger partial charge on any atom is 0.306 e. The fraction of sp³-hybridized carbons (Fsp3) is 0.381. The lowest BCUT2D eigenvalue weighted by molar-refractivity contribution is -0.140. The summed E-state index contributed by atoms with van der Waals surface area (Å²) >= 11 is 0. The van der Waals surface area contributed by atoms with Crippen LogP contribution in [0.5, 0.6) is 0 Å². The summed E-state index contributed by atoms with van der Waals surface area (Å²) in [6.07, 6.45) is 0.218. The highest BCUT2D eigenvalue weighted by molar-refractivity contribution is 5.76. The molecule has 0 saturated heterocycles. The Balaban J connectivity index is 0.00000126. The molecule has 0 aliphatic rings. The maximum atomic E-state index is 12.0. The monoisotopic (exact) mass is 369 g/mol. The number of aliphatic hydroxyl groups excluding tert-OH is 1. The van der Waals surface area contributed by atoms with Crippen molar-refractivity contribution in [3.8, 4) is 0 Å². The molecule has 6 nitrogen and oxygen atoms in total. The molecule has 2 aromatic carbocycles. The van der Waals surface area contributed by atoms with Crippen molar-refractivity contribution >= 4 is 17.0 Å². The second kappa shape index (κ2) is 9.28. The third-order valence-corrected chi connectivity index (χ3v) is 4.58. The first-order chi connectivity index (χ1) is 13.0. The van der Waals surface area contributed by atoms with Crippen LogP contribution in [-0.4, -0.2) is 33.2 Å². The van der Waals surface area contributed by atoms with E-state index >= 15 is 0 Å². The molecule has 3 aromatic rings. The Morgan fingerprint density at radius 3 is 2.52 bits per heavy atom. The summed E-state index contributed by atoms with van der Waals surface area (Å²) in [5.74, 6) is -0.458. The van der Waals surface area contributed by atoms with E-state index in [2.05, 4.69) is 10.3 Å². The first kappa shape index (κ1) is 20.6. The van der Waals surface area contributed by atoms with Crippen molar-refractivity contribution in [1.82, 2.24) is 15.0 Å². The molecule has 0 spiro atoms. The highest BCUT2D eigenvalue weighted by Crippen LogP contribution is 2.31. The van der Waals surface area contributed by atoms with Gasteiger partial charge in [0.2, 0.25) is 0 Å². The zero-order valence-electron chi connectivity index (χ0n) is 16.6. The molecule has 0 amide bonds. The number of benzene rings is 2. The Labute approximate surface area is 159 Å². The van der Waals surface area contributed by atoms with Crippen molar-refractivity contribution in [3.05, 3.63) is 58.7 Å². The van der Waals surface area contributed by atoms with Gasteiger partial charge in [0.05, 0.1) is 25.7 Å². The molecule has 0 fully saturated rings. The molecule has 1 heterocycles. The molecule has 6 heteroatoms. The van der Waals surface area contributed by atoms with Crippen molar-refractivity contribution in [3.63, 3.8) is 0 Å². The number of aryl methyl sites for hydroxylation is 2. The highest BCUT2D eigenvalue weighted by atomic mass is 16.5. The minimum Gasteiger partial charge on any atom is -0.469 e. The van der Waals surface area contributed by atoms with Gasteiger partial charge in [-0.2, -0.15) is 0 Å². The minimum absolute atomic E-state index is 0.0339. The summed E-state index contributed by atoms with van der Waals surface area (Å²) in [7, 11) is 3.23. The Bertz CT molecular complexity index is 918. The molecular weight excluding hydrogens is 342 g/mol. The molecule has 0 aliphatic heterocycles. The Kier molecular flexibility index (Phi) is 7.07. The van der Waals surface area contributed by atoms with Gasteiger partial charge in [0.15, 0.2) is 0 Å². The summed E-state index contributed by atoms with van der Waals surface area (Å²) < 4.78 is 6.59. The second-order valence-electron chi connectivity index (χ2n) is 6.14. The normalized spacial score (nSPS) is 11.6. The topological polar surface area (TPSA) is 77.2 Å². The van der Waals surface area contributed by atoms with E-state index in [9.17, 15) is 9.90 Å². The number of fused-ring (bicyclic) bond motifs is 1. The van der Waals surface area contributed by atoms with Crippen molar-refractivity contribution in [2.45, 2.75) is 39.7 Å². The number of aromatic nitrogens is 3. The van der Waals surface area contributed by atoms with Crippen LogP contribution in [0.4, 0.5) is 0 Å². The van der Waals surface area contributed by atoms with Gasteiger partial charge in [0.25, 0.3) is 0 Å². The molecule has 27 heavy (non-hydrogen) atoms. The zero-order valence-corrected chi connectivity index (χ0v) is 16.6. The van der Waals surface area contributed by atoms with Gasteiger partial charge >= 0.3 is 5.97 Å². The quantitative estimate of drug-likeness (QED) is 0.697. The summed E-state index contributed by atoms with van der Waals surface area (Å²) in [4.78, 5) is 12.0. The van der Waals surface area contributed by atoms with Crippen LogP contribution in [0.25, 0.3) is 11.0 Å². The number of methoxy groups -OCH3 is 1. The van der Waals surface area contributed by atoms with Crippen molar-refractivity contribution in [2.24, 2.45) is 7.05 Å². The van der Waals surface area contributed by atoms with Gasteiger partial charge in [-0.1, -0.05) is 43.3 Å². The van der Waals surface area contributed by atoms with Crippen LogP contribution < -0.4 is 0 Å². The number of aliphatic hydroxyl groups is 1. The van der Waals surface area contributed by atoms with Gasteiger partial charge < -0.3 is 9.84 Å². The molecule has 0 aliphatic carbocycles. The van der Waals surface area contributed by atoms with E-state index in [-0.39, 0.29) is 24.9 Å². The van der Waals surface area contributed by atoms with E-state index in [4.69, 9.17) is 4.74 Å². The highest BCUT2D eigenvalue weighted by Gasteiger charge is 2.20. The van der Waals surface area contributed by atoms with Crippen molar-refractivity contribution in [2.75, 3.05) is 7.11 Å². The average Bonchev–Trinajstić information content (AvgIpc) is 3.08. The average molecular weight is 369 g/mol. The van der Waals surface area contributed by atoms with Gasteiger partial charge in [-0.25, -0.2) is 4.68 Å². The third-order valence-electron chi connectivity index (χ3n) is 4.58. The smallest absolute Gasteiger partial charge is 0.306 e. The number of rotatable bonds is 5. The summed E-state index contributed by atoms with van der Waals surface area (Å²) in [5, 5.41) is 17.7. The Hall–Kier alpha value is -2.73. The SMILES string of the molecule is CC.COC(=O)CC(c1ccc(C)c(CO)c1)c1ccc2c(c1)nnn2C. The second-order valence-corrected chi connectivity index (χ2v) is 6.14. The molecule has 0 saturated carbocycles. The number of hydrogen-bond acceptors (Lipinski definition) is 5. The molecule has 1 unspecified atom stereocenters. The molecule has 1 atom stereocenters. The van der Waals surface area contributed by atoms with Crippen LogP contribution in [0.2, 0.25) is 0 Å². The standard InChI is InChI=1S/C19H21N3O3.C2H6/c1-12-4-5-13(8-15(12)11-23)16(10-19(24)25-3)14-6-7-18-17(9-14)20-21-22(18)2;1-2/h4-9,16,23H,10-11H2,1-3H3;1-2H3. The largest absolute Gasteiger partial charge is 0.469 e. The van der Waals surface area contributed by atoms with Crippen LogP contribution in [0.3, 0.4) is 0 Å². The first-order valence-corrected chi connectivity index (χ1v) is 9.10. The summed E-state index contributed by atoms with van der Waals surface area (Å²) in [5.41, 5.74) is 5.51. The molecule has 0 radical (unpaired) electrons. The fourth-order valence-corrected chi connectivity index (χ4v) is 3.03. The minimum atomic E-state index is -0.282. The lowest BCUT2D eigenvalue weighted by atomic mass is 9.86. The molecule has 144 valence electrons. The number of ether oxygens (including phenoxy) is 1. The van der Waals surface area contributed by atoms with E-state index in [0.717, 1.165) is 33.3 Å². The van der Waals surface area contributed by atoms with Gasteiger partial charge in [-0.3, -0.25) is 4.79 Å². The van der Waals surface area contributed by atoms with Crippen LogP contribution in [0, 0.1) is 6.92 Å². The number of carbonyl (C=O) groups excluding carboxylic acids is 1. The van der Waals surface area contributed by atoms with E-state index < -0.39 is 0 Å². The van der Waals surface area contributed by atoms with Crippen LogP contribution in [0.1, 0.15) is 48.4 Å². The lowest BCUT2D eigenvalue weighted by Gasteiger charge is -2.18. The van der Waals surface area contributed by atoms with Gasteiger partial charge in [-0.05, 0) is 41.3 Å². The number of esters is 1. The molecule has 1 aromatic heterocycles. The number of hydrogen-bond donors (Lipinski definition) is 1. The van der Waals surface area contributed by atoms with Gasteiger partial charge in [0, 0.05) is 13.0 Å². The first-order valence-electron chi connectivity index (χ1n) is 9.10. The molecular formula is C21H27N3O3. The zero-order chi connectivity index (χ0) is 20.0. The third kappa shape index (κ3) is 4.52. The number of nitrogens with zero attached hydrogens (tertiary/aromatic N) is 3. The van der Waals surface area contributed by atoms with Gasteiger partial charge in [-0.15, -0.1) is 5.10 Å². The molecule has 3 rings (SSSR count). The number of carbonyl (C=O) groups is 1. The predicted octanol–water partition coefficient (Wildman–Crippen LogP) is 3.49. The van der Waals surface area contributed by atoms with Crippen molar-refractivity contribution in [1.29, 1.82) is 0 Å². The fourth-order valence-electron chi connectivity index (χ4n) is 3.03. The Morgan fingerprint density at radius 1 is 1.19 bits per heavy atom. The lowest BCUT2D eigenvalue weighted by Crippen LogP contribution is -2.11. The van der Waals surface area contributed by atoms with E-state index in [1.165, 1.54) is 7.11 Å². The predicted molar refractivity (Wildman–Crippen MR) is 105 cm³/mol. The maximum absolute atomic E-state index is 12.0. The van der Waals surface area contributed by atoms with E-state index in [0.29, 0.717) is 0 Å². The molecule has 0 bridgehead atoms. The van der Waals surface area contributed by atoms with E-state index in [1.54, 1.807) is 4.68 Å².